The summed E-state index contributed by atoms with van der Waals surface area (Å²) < 4.78 is 24.5. The fourth-order valence-electron chi connectivity index (χ4n) is 4.00. The van der Waals surface area contributed by atoms with E-state index in [1.807, 2.05) is 0 Å². The number of hydrogen-bond donors (Lipinski definition) is 2. The topological polar surface area (TPSA) is 146 Å². The third kappa shape index (κ3) is 7.45. The number of fused-ring (bicyclic) bond motifs is 2. The summed E-state index contributed by atoms with van der Waals surface area (Å²) in [6.45, 7) is 4.26. The van der Waals surface area contributed by atoms with E-state index in [0.717, 1.165) is 20.2 Å². The number of ketones is 2. The van der Waals surface area contributed by atoms with Gasteiger partial charge in [-0.25, -0.2) is 0 Å². The monoisotopic (exact) mass is 612 g/mol. The van der Waals surface area contributed by atoms with Crippen molar-refractivity contribution < 1.29 is 48.3 Å². The second-order valence-corrected chi connectivity index (χ2v) is 11.4. The molecule has 0 amide bonds. The number of thiophene rings is 2. The Labute approximate surface area is 248 Å². The molecule has 4 aromatic rings. The second-order valence-electron chi connectivity index (χ2n) is 9.26. The molecule has 0 spiro atoms. The SMILES string of the molecule is C=C(COc1cc2cc(C(=O)CCC(=O)O)sc2cc1OC)COc1cc2cc(C(=O)CCC(=O)O)sc2cc1OC. The first-order valence-electron chi connectivity index (χ1n) is 12.7. The maximum Gasteiger partial charge on any atom is 0.303 e. The third-order valence-corrected chi connectivity index (χ3v) is 8.43. The van der Waals surface area contributed by atoms with E-state index in [-0.39, 0.29) is 50.5 Å². The molecule has 10 nitrogen and oxygen atoms in total. The highest BCUT2D eigenvalue weighted by Gasteiger charge is 2.17. The highest BCUT2D eigenvalue weighted by Crippen LogP contribution is 2.39. The molecule has 0 bridgehead atoms. The highest BCUT2D eigenvalue weighted by molar-refractivity contribution is 7.21. The summed E-state index contributed by atoms with van der Waals surface area (Å²) in [7, 11) is 3.02. The number of benzene rings is 2. The lowest BCUT2D eigenvalue weighted by atomic mass is 10.1. The zero-order valence-corrected chi connectivity index (χ0v) is 24.5. The Morgan fingerprint density at radius 1 is 0.643 bits per heavy atom. The summed E-state index contributed by atoms with van der Waals surface area (Å²) in [6.07, 6.45) is -0.591. The molecule has 2 aromatic heterocycles. The van der Waals surface area contributed by atoms with Gasteiger partial charge in [0.1, 0.15) is 13.2 Å². The number of carboxylic acid groups (broad SMARTS) is 2. The van der Waals surface area contributed by atoms with Crippen molar-refractivity contribution in [3.8, 4) is 23.0 Å². The molecule has 0 radical (unpaired) electrons. The number of carboxylic acids is 2. The van der Waals surface area contributed by atoms with E-state index in [1.54, 1.807) is 36.4 Å². The van der Waals surface area contributed by atoms with E-state index in [0.29, 0.717) is 38.3 Å². The van der Waals surface area contributed by atoms with E-state index in [4.69, 9.17) is 29.2 Å². The molecule has 2 aromatic carbocycles. The molecule has 0 unspecified atom stereocenters. The van der Waals surface area contributed by atoms with E-state index in [9.17, 15) is 19.2 Å². The van der Waals surface area contributed by atoms with Gasteiger partial charge in [0.25, 0.3) is 0 Å². The van der Waals surface area contributed by atoms with Crippen LogP contribution in [0, 0.1) is 0 Å². The molecule has 0 atom stereocenters. The molecule has 0 aliphatic heterocycles. The number of hydrogen-bond acceptors (Lipinski definition) is 10. The van der Waals surface area contributed by atoms with Gasteiger partial charge in [0.05, 0.1) is 36.8 Å². The number of aliphatic carboxylic acids is 2. The van der Waals surface area contributed by atoms with Crippen molar-refractivity contribution in [3.05, 3.63) is 58.3 Å². The van der Waals surface area contributed by atoms with Crippen molar-refractivity contribution in [1.82, 2.24) is 0 Å². The van der Waals surface area contributed by atoms with E-state index in [2.05, 4.69) is 6.58 Å². The van der Waals surface area contributed by atoms with Crippen LogP contribution in [0.1, 0.15) is 45.0 Å². The molecule has 220 valence electrons. The third-order valence-electron chi connectivity index (χ3n) is 6.15. The normalized spacial score (nSPS) is 10.9. The fourth-order valence-corrected chi connectivity index (χ4v) is 6.08. The van der Waals surface area contributed by atoms with Crippen LogP contribution in [0.3, 0.4) is 0 Å². The predicted molar refractivity (Wildman–Crippen MR) is 159 cm³/mol. The molecule has 0 saturated heterocycles. The van der Waals surface area contributed by atoms with Gasteiger partial charge in [-0.15, -0.1) is 22.7 Å². The van der Waals surface area contributed by atoms with Gasteiger partial charge in [-0.1, -0.05) is 6.58 Å². The van der Waals surface area contributed by atoms with Crippen molar-refractivity contribution >= 4 is 66.4 Å². The van der Waals surface area contributed by atoms with Gasteiger partial charge >= 0.3 is 11.9 Å². The molecule has 42 heavy (non-hydrogen) atoms. The van der Waals surface area contributed by atoms with E-state index < -0.39 is 11.9 Å². The first-order valence-corrected chi connectivity index (χ1v) is 14.4. The van der Waals surface area contributed by atoms with Crippen molar-refractivity contribution in [2.24, 2.45) is 0 Å². The van der Waals surface area contributed by atoms with Crippen molar-refractivity contribution in [3.63, 3.8) is 0 Å². The number of carbonyl (C=O) groups excluding carboxylic acids is 2. The van der Waals surface area contributed by atoms with Gasteiger partial charge in [0, 0.05) is 34.4 Å². The van der Waals surface area contributed by atoms with Gasteiger partial charge in [0.2, 0.25) is 0 Å². The maximum absolute atomic E-state index is 12.4. The molecule has 0 fully saturated rings. The van der Waals surface area contributed by atoms with Crippen molar-refractivity contribution in [1.29, 1.82) is 0 Å². The van der Waals surface area contributed by atoms with Crippen molar-refractivity contribution in [2.75, 3.05) is 27.4 Å². The average molecular weight is 613 g/mol. The molecule has 4 rings (SSSR count). The number of methoxy groups -OCH3 is 2. The summed E-state index contributed by atoms with van der Waals surface area (Å²) >= 11 is 2.53. The summed E-state index contributed by atoms with van der Waals surface area (Å²) in [5.41, 5.74) is 0.615. The van der Waals surface area contributed by atoms with Gasteiger partial charge in [0.15, 0.2) is 34.6 Å². The summed E-state index contributed by atoms with van der Waals surface area (Å²) in [4.78, 5) is 47.3. The van der Waals surface area contributed by atoms with Crippen LogP contribution in [0.4, 0.5) is 0 Å². The molecule has 2 N–H and O–H groups in total. The second kappa shape index (κ2) is 13.5. The zero-order valence-electron chi connectivity index (χ0n) is 22.9. The van der Waals surface area contributed by atoms with Crippen LogP contribution >= 0.6 is 22.7 Å². The quantitative estimate of drug-likeness (QED) is 0.110. The van der Waals surface area contributed by atoms with Crippen LogP contribution in [0.25, 0.3) is 20.2 Å². The average Bonchev–Trinajstić information content (AvgIpc) is 3.58. The Morgan fingerprint density at radius 2 is 1.05 bits per heavy atom. The largest absolute Gasteiger partial charge is 0.493 e. The maximum atomic E-state index is 12.4. The highest BCUT2D eigenvalue weighted by atomic mass is 32.1. The number of Topliss-reactive ketones (excluding diaryl/α,β-unsaturated/α-hetero) is 2. The summed E-state index contributed by atoms with van der Waals surface area (Å²) in [5.74, 6) is -0.664. The Kier molecular flexibility index (Phi) is 9.81. The Hall–Kier alpha value is -4.42. The molecule has 12 heteroatoms. The number of ether oxygens (including phenoxy) is 4. The van der Waals surface area contributed by atoms with Gasteiger partial charge in [-0.3, -0.25) is 19.2 Å². The standard InChI is InChI=1S/C30H28O10S2/c1-16(14-39-23-8-17-10-27(19(31)4-6-29(33)34)41-25(17)12-21(23)37-2)15-40-24-9-18-11-28(20(32)5-7-30(35)36)42-26(18)13-22(24)38-3/h8-13H,1,4-7,14-15H2,2-3H3,(H,33,34)(H,35,36). The minimum atomic E-state index is -1.02. The lowest BCUT2D eigenvalue weighted by Crippen LogP contribution is -2.09. The Bertz CT molecular complexity index is 1560. The summed E-state index contributed by atoms with van der Waals surface area (Å²) in [6, 6.07) is 10.5. The van der Waals surface area contributed by atoms with Gasteiger partial charge < -0.3 is 29.2 Å². The fraction of sp³-hybridized carbons (Fsp3) is 0.267. The van der Waals surface area contributed by atoms with Crippen LogP contribution in [0.2, 0.25) is 0 Å². The van der Waals surface area contributed by atoms with Crippen LogP contribution in [0.15, 0.2) is 48.6 Å². The molecule has 0 aliphatic carbocycles. The molecule has 0 aliphatic rings. The van der Waals surface area contributed by atoms with E-state index in [1.165, 1.54) is 36.9 Å². The summed E-state index contributed by atoms with van der Waals surface area (Å²) in [5, 5.41) is 19.2. The molecule has 0 saturated carbocycles. The molecular formula is C30H28O10S2. The van der Waals surface area contributed by atoms with Gasteiger partial charge in [-0.05, 0) is 40.6 Å². The Balaban J connectivity index is 1.41. The lowest BCUT2D eigenvalue weighted by Gasteiger charge is -2.14. The minimum absolute atomic E-state index is 0.0708. The number of rotatable bonds is 16. The van der Waals surface area contributed by atoms with Gasteiger partial charge in [-0.2, -0.15) is 0 Å². The Morgan fingerprint density at radius 3 is 1.40 bits per heavy atom. The molecular weight excluding hydrogens is 584 g/mol. The predicted octanol–water partition coefficient (Wildman–Crippen LogP) is 6.24. The lowest BCUT2D eigenvalue weighted by molar-refractivity contribution is -0.137. The van der Waals surface area contributed by atoms with Crippen LogP contribution < -0.4 is 18.9 Å². The van der Waals surface area contributed by atoms with Crippen LogP contribution in [0.5, 0.6) is 23.0 Å². The van der Waals surface area contributed by atoms with Crippen molar-refractivity contribution in [2.45, 2.75) is 25.7 Å². The van der Waals surface area contributed by atoms with Crippen LogP contribution in [-0.2, 0) is 9.59 Å². The smallest absolute Gasteiger partial charge is 0.303 e. The van der Waals surface area contributed by atoms with Crippen LogP contribution in [-0.4, -0.2) is 61.2 Å². The number of carbonyl (C=O) groups is 4. The molecule has 2 heterocycles. The minimum Gasteiger partial charge on any atom is -0.493 e. The first-order chi connectivity index (χ1) is 20.1. The van der Waals surface area contributed by atoms with E-state index >= 15 is 0 Å². The first kappa shape index (κ1) is 30.5. The zero-order chi connectivity index (χ0) is 30.4.